The molecule has 210 valence electrons. The molecule has 0 aromatic heterocycles. The monoisotopic (exact) mass is 554 g/mol. The van der Waals surface area contributed by atoms with Crippen LogP contribution in [0.25, 0.3) is 6.08 Å². The fourth-order valence-corrected chi connectivity index (χ4v) is 6.84. The molecule has 0 bridgehead atoms. The second-order valence-corrected chi connectivity index (χ2v) is 10.3. The van der Waals surface area contributed by atoms with Gasteiger partial charge in [0.25, 0.3) is 0 Å². The van der Waals surface area contributed by atoms with Crippen LogP contribution in [0.15, 0.2) is 60.7 Å². The Morgan fingerprint density at radius 3 is 2.24 bits per heavy atom. The lowest BCUT2D eigenvalue weighted by Gasteiger charge is -2.37. The van der Waals surface area contributed by atoms with Gasteiger partial charge in [-0.25, -0.2) is 0 Å². The van der Waals surface area contributed by atoms with Crippen LogP contribution in [-0.2, 0) is 15.0 Å². The summed E-state index contributed by atoms with van der Waals surface area (Å²) < 4.78 is 21.9. The van der Waals surface area contributed by atoms with Gasteiger partial charge in [-0.05, 0) is 48.9 Å². The average molecular weight is 555 g/mol. The quantitative estimate of drug-likeness (QED) is 0.432. The van der Waals surface area contributed by atoms with Crippen molar-refractivity contribution in [3.63, 3.8) is 0 Å². The summed E-state index contributed by atoms with van der Waals surface area (Å²) in [4.78, 5) is 44.6. The molecule has 1 fully saturated rings. The van der Waals surface area contributed by atoms with E-state index in [0.717, 1.165) is 11.3 Å². The van der Waals surface area contributed by atoms with E-state index in [4.69, 9.17) is 18.9 Å². The van der Waals surface area contributed by atoms with E-state index in [9.17, 15) is 14.4 Å². The number of para-hydroxylation sites is 1. The molecule has 3 aliphatic rings. The van der Waals surface area contributed by atoms with Crippen molar-refractivity contribution < 1.29 is 33.3 Å². The minimum Gasteiger partial charge on any atom is -0.497 e. The first-order valence-corrected chi connectivity index (χ1v) is 13.2. The number of nitrogens with one attached hydrogen (secondary N) is 1. The number of benzene rings is 3. The molecule has 3 heterocycles. The van der Waals surface area contributed by atoms with Crippen molar-refractivity contribution in [3.8, 4) is 23.0 Å². The van der Waals surface area contributed by atoms with E-state index in [1.165, 1.54) is 28.3 Å². The first-order valence-electron chi connectivity index (χ1n) is 13.2. The zero-order chi connectivity index (χ0) is 29.1. The highest BCUT2D eigenvalue weighted by Crippen LogP contribution is 2.58. The SMILES string of the molecule is COc1ccc2c(c1)C=C[C@H]1N2[C@H](C(C)=O)[C@H](C(=O)c2cc(OC)c(OC)c(OC)c2)[C@]12C(=O)Nc1ccccc12. The third-order valence-electron chi connectivity index (χ3n) is 8.49. The molecule has 9 nitrogen and oxygen atoms in total. The molecule has 0 saturated carbocycles. The molecule has 1 N–H and O–H groups in total. The summed E-state index contributed by atoms with van der Waals surface area (Å²) in [5, 5.41) is 3.01. The topological polar surface area (TPSA) is 103 Å². The van der Waals surface area contributed by atoms with Gasteiger partial charge in [0.1, 0.15) is 11.2 Å². The normalized spacial score (nSPS) is 23.4. The van der Waals surface area contributed by atoms with Gasteiger partial charge in [0, 0.05) is 22.5 Å². The summed E-state index contributed by atoms with van der Waals surface area (Å²) in [6.45, 7) is 1.47. The Hall–Kier alpha value is -4.79. The predicted molar refractivity (Wildman–Crippen MR) is 153 cm³/mol. The predicted octanol–water partition coefficient (Wildman–Crippen LogP) is 4.28. The number of amides is 1. The maximum atomic E-state index is 14.8. The molecule has 1 amide bonds. The Kier molecular flexibility index (Phi) is 6.25. The van der Waals surface area contributed by atoms with Crippen LogP contribution in [0.4, 0.5) is 11.4 Å². The third kappa shape index (κ3) is 3.58. The van der Waals surface area contributed by atoms with Crippen LogP contribution in [0.5, 0.6) is 23.0 Å². The van der Waals surface area contributed by atoms with Crippen LogP contribution in [0.1, 0.15) is 28.4 Å². The molecule has 41 heavy (non-hydrogen) atoms. The standard InChI is InChI=1S/C32H30N2O7/c1-17(35)28-27(29(36)19-15-24(39-3)30(41-5)25(16-19)40-4)32(21-8-6-7-9-22(21)33-31(32)37)26-13-10-18-14-20(38-2)11-12-23(18)34(26)28/h6-16,26-28H,1-5H3,(H,33,37)/t26-,27-,28-,32-/m1/s1. The van der Waals surface area contributed by atoms with Gasteiger partial charge in [-0.15, -0.1) is 0 Å². The molecule has 0 unspecified atom stereocenters. The van der Waals surface area contributed by atoms with Crippen molar-refractivity contribution in [2.24, 2.45) is 5.92 Å². The molecule has 4 atom stereocenters. The highest BCUT2D eigenvalue weighted by atomic mass is 16.5. The number of rotatable bonds is 7. The summed E-state index contributed by atoms with van der Waals surface area (Å²) in [7, 11) is 6.01. The number of carbonyl (C=O) groups is 3. The molecule has 1 spiro atoms. The number of anilines is 2. The second kappa shape index (κ2) is 9.69. The van der Waals surface area contributed by atoms with Gasteiger partial charge in [0.05, 0.1) is 46.4 Å². The fourth-order valence-electron chi connectivity index (χ4n) is 6.84. The molecule has 9 heteroatoms. The van der Waals surface area contributed by atoms with Gasteiger partial charge in [-0.1, -0.05) is 30.4 Å². The molecule has 1 saturated heterocycles. The molecular weight excluding hydrogens is 524 g/mol. The van der Waals surface area contributed by atoms with Crippen molar-refractivity contribution in [3.05, 3.63) is 77.4 Å². The highest BCUT2D eigenvalue weighted by Gasteiger charge is 2.69. The molecular formula is C32H30N2O7. The molecule has 0 aliphatic carbocycles. The van der Waals surface area contributed by atoms with Crippen LogP contribution >= 0.6 is 0 Å². The maximum absolute atomic E-state index is 14.8. The zero-order valence-corrected chi connectivity index (χ0v) is 23.4. The number of methoxy groups -OCH3 is 4. The summed E-state index contributed by atoms with van der Waals surface area (Å²) in [6, 6.07) is 14.5. The number of ether oxygens (including phenoxy) is 4. The Balaban J connectivity index is 1.63. The Morgan fingerprint density at radius 1 is 0.902 bits per heavy atom. The number of fused-ring (bicyclic) bond motifs is 6. The van der Waals surface area contributed by atoms with E-state index in [1.54, 1.807) is 19.2 Å². The molecule has 3 aromatic rings. The lowest BCUT2D eigenvalue weighted by molar-refractivity contribution is -0.122. The second-order valence-electron chi connectivity index (χ2n) is 10.3. The van der Waals surface area contributed by atoms with Gasteiger partial charge >= 0.3 is 0 Å². The minimum absolute atomic E-state index is 0.230. The number of carbonyl (C=O) groups excluding carboxylic acids is 3. The van der Waals surface area contributed by atoms with Crippen molar-refractivity contribution in [1.29, 1.82) is 0 Å². The lowest BCUT2D eigenvalue weighted by Crippen LogP contribution is -2.51. The molecule has 0 radical (unpaired) electrons. The molecule has 3 aliphatic heterocycles. The first kappa shape index (κ1) is 26.4. The fraction of sp³-hybridized carbons (Fsp3) is 0.281. The van der Waals surface area contributed by atoms with Gasteiger partial charge in [0.2, 0.25) is 11.7 Å². The van der Waals surface area contributed by atoms with Crippen LogP contribution in [0, 0.1) is 5.92 Å². The van der Waals surface area contributed by atoms with Gasteiger partial charge in [-0.3, -0.25) is 14.4 Å². The van der Waals surface area contributed by atoms with Gasteiger partial charge < -0.3 is 29.2 Å². The van der Waals surface area contributed by atoms with Crippen LogP contribution in [-0.4, -0.2) is 58.0 Å². The number of hydrogen-bond acceptors (Lipinski definition) is 8. The Labute approximate surface area is 237 Å². The van der Waals surface area contributed by atoms with Crippen LogP contribution in [0.3, 0.4) is 0 Å². The Morgan fingerprint density at radius 2 is 1.61 bits per heavy atom. The third-order valence-corrected chi connectivity index (χ3v) is 8.49. The van der Waals surface area contributed by atoms with Crippen LogP contribution < -0.4 is 29.2 Å². The first-order chi connectivity index (χ1) is 19.8. The van der Waals surface area contributed by atoms with Gasteiger partial charge in [0.15, 0.2) is 23.1 Å². The number of ketones is 2. The van der Waals surface area contributed by atoms with Crippen molar-refractivity contribution in [1.82, 2.24) is 0 Å². The zero-order valence-electron chi connectivity index (χ0n) is 23.4. The van der Waals surface area contributed by atoms with E-state index >= 15 is 0 Å². The van der Waals surface area contributed by atoms with E-state index < -0.39 is 23.4 Å². The Bertz CT molecular complexity index is 1600. The van der Waals surface area contributed by atoms with Crippen molar-refractivity contribution in [2.75, 3.05) is 38.7 Å². The maximum Gasteiger partial charge on any atom is 0.238 e. The van der Waals surface area contributed by atoms with E-state index in [0.29, 0.717) is 34.2 Å². The summed E-state index contributed by atoms with van der Waals surface area (Å²) >= 11 is 0. The molecule has 6 rings (SSSR count). The largest absolute Gasteiger partial charge is 0.497 e. The van der Waals surface area contributed by atoms with E-state index in [1.807, 2.05) is 59.5 Å². The molecule has 3 aromatic carbocycles. The summed E-state index contributed by atoms with van der Waals surface area (Å²) in [6.07, 6.45) is 3.85. The van der Waals surface area contributed by atoms with E-state index in [-0.39, 0.29) is 23.0 Å². The van der Waals surface area contributed by atoms with Crippen LogP contribution in [0.2, 0.25) is 0 Å². The minimum atomic E-state index is -1.39. The average Bonchev–Trinajstić information content (AvgIpc) is 3.48. The smallest absolute Gasteiger partial charge is 0.238 e. The summed E-state index contributed by atoms with van der Waals surface area (Å²) in [5.74, 6) is -0.418. The summed E-state index contributed by atoms with van der Waals surface area (Å²) in [5.41, 5.74) is 1.73. The van der Waals surface area contributed by atoms with Crippen molar-refractivity contribution in [2.45, 2.75) is 24.4 Å². The highest BCUT2D eigenvalue weighted by molar-refractivity contribution is 6.16. The van der Waals surface area contributed by atoms with E-state index in [2.05, 4.69) is 5.32 Å². The van der Waals surface area contributed by atoms with Gasteiger partial charge in [-0.2, -0.15) is 0 Å². The number of nitrogens with zero attached hydrogens (tertiary/aromatic N) is 1. The lowest BCUT2D eigenvalue weighted by atomic mass is 9.64. The van der Waals surface area contributed by atoms with Crippen molar-refractivity contribution >= 4 is 34.9 Å². The number of Topliss-reactive ketones (excluding diaryl/α,β-unsaturated/α-hetero) is 2. The number of hydrogen-bond donors (Lipinski definition) is 1.